The van der Waals surface area contributed by atoms with E-state index in [2.05, 4.69) is 4.99 Å². The van der Waals surface area contributed by atoms with Crippen LogP contribution < -0.4 is 11.2 Å². The van der Waals surface area contributed by atoms with Crippen LogP contribution in [0.4, 0.5) is 5.82 Å². The number of nitrogens with zero attached hydrogens (tertiary/aromatic N) is 3. The molecule has 0 saturated carbocycles. The summed E-state index contributed by atoms with van der Waals surface area (Å²) in [5.41, 5.74) is 2.89. The summed E-state index contributed by atoms with van der Waals surface area (Å²) in [5.74, 6) is 0.301. The van der Waals surface area contributed by atoms with E-state index in [-0.39, 0.29) is 17.2 Å². The first-order valence-electron chi connectivity index (χ1n) is 9.22. The Kier molecular flexibility index (Phi) is 4.65. The molecule has 1 aromatic heterocycles. The monoisotopic (exact) mass is 371 g/mol. The highest BCUT2D eigenvalue weighted by atomic mass is 16.2. The van der Waals surface area contributed by atoms with Crippen LogP contribution in [0.25, 0.3) is 6.08 Å². The lowest BCUT2D eigenvalue weighted by molar-refractivity contribution is 0.651. The van der Waals surface area contributed by atoms with E-state index in [4.69, 9.17) is 0 Å². The Bertz CT molecular complexity index is 1190. The number of benzene rings is 2. The Morgan fingerprint density at radius 1 is 0.893 bits per heavy atom. The van der Waals surface area contributed by atoms with Gasteiger partial charge >= 0.3 is 5.69 Å². The summed E-state index contributed by atoms with van der Waals surface area (Å²) in [7, 11) is 3.18. The summed E-state index contributed by atoms with van der Waals surface area (Å²) in [4.78, 5) is 30.0. The summed E-state index contributed by atoms with van der Waals surface area (Å²) in [6.07, 6.45) is 4.58. The first-order chi connectivity index (χ1) is 13.6. The molecular formula is C23H21N3O2. The normalized spacial score (nSPS) is 16.1. The molecule has 3 aromatic rings. The molecule has 0 spiro atoms. The lowest BCUT2D eigenvalue weighted by Gasteiger charge is -2.25. The van der Waals surface area contributed by atoms with Gasteiger partial charge in [-0.3, -0.25) is 13.9 Å². The number of hydrogen-bond donors (Lipinski definition) is 0. The van der Waals surface area contributed by atoms with Crippen molar-refractivity contribution in [2.24, 2.45) is 19.1 Å². The Labute approximate surface area is 162 Å². The summed E-state index contributed by atoms with van der Waals surface area (Å²) in [6.45, 7) is 0. The van der Waals surface area contributed by atoms with Crippen molar-refractivity contribution in [3.8, 4) is 0 Å². The minimum atomic E-state index is -0.368. The smallest absolute Gasteiger partial charge is 0.281 e. The maximum Gasteiger partial charge on any atom is 0.332 e. The third kappa shape index (κ3) is 3.16. The molecule has 4 rings (SSSR count). The van der Waals surface area contributed by atoms with Gasteiger partial charge in [-0.05, 0) is 17.2 Å². The van der Waals surface area contributed by atoms with Crippen molar-refractivity contribution in [2.75, 3.05) is 0 Å². The van der Waals surface area contributed by atoms with Gasteiger partial charge in [0.1, 0.15) is 5.82 Å². The van der Waals surface area contributed by atoms with E-state index in [1.165, 1.54) is 11.6 Å². The van der Waals surface area contributed by atoms with E-state index in [1.807, 2.05) is 72.8 Å². The summed E-state index contributed by atoms with van der Waals surface area (Å²) in [6, 6.07) is 19.9. The van der Waals surface area contributed by atoms with Crippen molar-refractivity contribution in [1.82, 2.24) is 9.13 Å². The number of rotatable bonds is 3. The van der Waals surface area contributed by atoms with E-state index in [9.17, 15) is 9.59 Å². The van der Waals surface area contributed by atoms with Crippen molar-refractivity contribution in [3.05, 3.63) is 104 Å². The molecule has 0 bridgehead atoms. The van der Waals surface area contributed by atoms with Gasteiger partial charge in [-0.15, -0.1) is 0 Å². The standard InChI is InChI=1S/C23H21N3O2/c1-25-21-20(22(27)26(2)23(25)28)19(17-11-7-4-8-12-17)15-18(24-21)14-13-16-9-5-3-6-10-16/h3-14,19H,15H2,1-2H3/b14-13+. The number of allylic oxidation sites excluding steroid dienone is 1. The van der Waals surface area contributed by atoms with Crippen LogP contribution in [-0.4, -0.2) is 14.8 Å². The molecule has 1 aliphatic rings. The van der Waals surface area contributed by atoms with Crippen LogP contribution in [0.15, 0.2) is 81.3 Å². The minimum absolute atomic E-state index is 0.144. The zero-order chi connectivity index (χ0) is 19.7. The molecular weight excluding hydrogens is 350 g/mol. The highest BCUT2D eigenvalue weighted by molar-refractivity contribution is 6.01. The summed E-state index contributed by atoms with van der Waals surface area (Å²) < 4.78 is 2.62. The van der Waals surface area contributed by atoms with Gasteiger partial charge in [0.25, 0.3) is 5.56 Å². The van der Waals surface area contributed by atoms with Gasteiger partial charge < -0.3 is 0 Å². The Morgan fingerprint density at radius 3 is 2.21 bits per heavy atom. The second kappa shape index (κ2) is 7.27. The lowest BCUT2D eigenvalue weighted by atomic mass is 9.85. The first-order valence-corrected chi connectivity index (χ1v) is 9.22. The quantitative estimate of drug-likeness (QED) is 0.708. The minimum Gasteiger partial charge on any atom is -0.281 e. The molecule has 1 unspecified atom stereocenters. The van der Waals surface area contributed by atoms with Crippen LogP contribution in [-0.2, 0) is 14.1 Å². The molecule has 0 fully saturated rings. The number of aromatic nitrogens is 2. The number of fused-ring (bicyclic) bond motifs is 1. The molecule has 0 amide bonds. The SMILES string of the molecule is Cn1c2c(c(=O)n(C)c1=O)C(c1ccccc1)CC(/C=C/c1ccccc1)=N2. The van der Waals surface area contributed by atoms with Gasteiger partial charge in [-0.2, -0.15) is 0 Å². The van der Waals surface area contributed by atoms with Crippen LogP contribution in [0.2, 0.25) is 0 Å². The highest BCUT2D eigenvalue weighted by Gasteiger charge is 2.29. The first kappa shape index (κ1) is 17.9. The van der Waals surface area contributed by atoms with E-state index in [0.29, 0.717) is 17.8 Å². The van der Waals surface area contributed by atoms with Gasteiger partial charge in [-0.1, -0.05) is 66.7 Å². The molecule has 0 N–H and O–H groups in total. The molecule has 0 saturated heterocycles. The molecule has 140 valence electrons. The molecule has 1 aliphatic heterocycles. The highest BCUT2D eigenvalue weighted by Crippen LogP contribution is 2.36. The van der Waals surface area contributed by atoms with Crippen molar-refractivity contribution in [2.45, 2.75) is 12.3 Å². The topological polar surface area (TPSA) is 56.4 Å². The van der Waals surface area contributed by atoms with Crippen molar-refractivity contribution >= 4 is 17.6 Å². The van der Waals surface area contributed by atoms with E-state index in [0.717, 1.165) is 21.4 Å². The van der Waals surface area contributed by atoms with Crippen LogP contribution in [0.5, 0.6) is 0 Å². The summed E-state index contributed by atoms with van der Waals surface area (Å²) in [5, 5.41) is 0. The predicted octanol–water partition coefficient (Wildman–Crippen LogP) is 3.41. The average Bonchev–Trinajstić information content (AvgIpc) is 2.75. The molecule has 28 heavy (non-hydrogen) atoms. The molecule has 0 aliphatic carbocycles. The van der Waals surface area contributed by atoms with Crippen LogP contribution >= 0.6 is 0 Å². The molecule has 2 aromatic carbocycles. The fraction of sp³-hybridized carbons (Fsp3) is 0.174. The van der Waals surface area contributed by atoms with Gasteiger partial charge in [-0.25, -0.2) is 9.79 Å². The lowest BCUT2D eigenvalue weighted by Crippen LogP contribution is -2.40. The molecule has 5 heteroatoms. The van der Waals surface area contributed by atoms with Gasteiger partial charge in [0.15, 0.2) is 0 Å². The fourth-order valence-corrected chi connectivity index (χ4v) is 3.62. The molecule has 1 atom stereocenters. The third-order valence-corrected chi connectivity index (χ3v) is 5.15. The second-order valence-electron chi connectivity index (χ2n) is 6.96. The average molecular weight is 371 g/mol. The van der Waals surface area contributed by atoms with Gasteiger partial charge in [0.2, 0.25) is 0 Å². The zero-order valence-corrected chi connectivity index (χ0v) is 15.9. The number of aliphatic imine (C=N–C) groups is 1. The maximum absolute atomic E-state index is 12.9. The Balaban J connectivity index is 1.89. The van der Waals surface area contributed by atoms with Gasteiger partial charge in [0.05, 0.1) is 5.56 Å². The van der Waals surface area contributed by atoms with E-state index in [1.54, 1.807) is 7.05 Å². The van der Waals surface area contributed by atoms with Crippen LogP contribution in [0.1, 0.15) is 29.0 Å². The predicted molar refractivity (Wildman–Crippen MR) is 112 cm³/mol. The van der Waals surface area contributed by atoms with Crippen molar-refractivity contribution in [1.29, 1.82) is 0 Å². The molecule has 2 heterocycles. The van der Waals surface area contributed by atoms with Gasteiger partial charge in [0, 0.05) is 32.1 Å². The third-order valence-electron chi connectivity index (χ3n) is 5.15. The summed E-state index contributed by atoms with van der Waals surface area (Å²) >= 11 is 0. The van der Waals surface area contributed by atoms with Crippen molar-refractivity contribution in [3.63, 3.8) is 0 Å². The number of hydrogen-bond acceptors (Lipinski definition) is 3. The maximum atomic E-state index is 12.9. The fourth-order valence-electron chi connectivity index (χ4n) is 3.62. The van der Waals surface area contributed by atoms with Crippen LogP contribution in [0, 0.1) is 0 Å². The molecule has 5 nitrogen and oxygen atoms in total. The van der Waals surface area contributed by atoms with Crippen molar-refractivity contribution < 1.29 is 0 Å². The largest absolute Gasteiger partial charge is 0.332 e. The van der Waals surface area contributed by atoms with Crippen LogP contribution in [0.3, 0.4) is 0 Å². The van der Waals surface area contributed by atoms with E-state index < -0.39 is 0 Å². The van der Waals surface area contributed by atoms with E-state index >= 15 is 0 Å². The second-order valence-corrected chi connectivity index (χ2v) is 6.96. The zero-order valence-electron chi connectivity index (χ0n) is 15.9. The Morgan fingerprint density at radius 2 is 1.54 bits per heavy atom. The Hall–Kier alpha value is -3.47. The molecule has 0 radical (unpaired) electrons.